The van der Waals surface area contributed by atoms with Crippen LogP contribution >= 0.6 is 11.3 Å². The van der Waals surface area contributed by atoms with Gasteiger partial charge in [0.25, 0.3) is 5.91 Å². The van der Waals surface area contributed by atoms with Gasteiger partial charge >= 0.3 is 0 Å². The zero-order chi connectivity index (χ0) is 17.2. The molecule has 2 aliphatic rings. The molecule has 2 aliphatic heterocycles. The Morgan fingerprint density at radius 3 is 2.84 bits per heavy atom. The molecular formula is C18H25N5OS. The maximum atomic E-state index is 13.0. The minimum atomic E-state index is 0.134. The molecular weight excluding hydrogens is 334 g/mol. The molecule has 0 radical (unpaired) electrons. The van der Waals surface area contributed by atoms with Crippen molar-refractivity contribution >= 4 is 17.2 Å². The van der Waals surface area contributed by atoms with Crippen LogP contribution in [0.25, 0.3) is 0 Å². The maximum absolute atomic E-state index is 13.0. The lowest BCUT2D eigenvalue weighted by molar-refractivity contribution is 0.0688. The zero-order valence-corrected chi connectivity index (χ0v) is 15.2. The molecule has 2 aromatic heterocycles. The van der Waals surface area contributed by atoms with Gasteiger partial charge in [-0.2, -0.15) is 5.10 Å². The first-order valence-electron chi connectivity index (χ1n) is 9.19. The van der Waals surface area contributed by atoms with Gasteiger partial charge in [-0.3, -0.25) is 9.48 Å². The summed E-state index contributed by atoms with van der Waals surface area (Å²) in [6.45, 7) is 3.14. The summed E-state index contributed by atoms with van der Waals surface area (Å²) >= 11 is 1.73. The molecule has 0 spiro atoms. The van der Waals surface area contributed by atoms with Crippen molar-refractivity contribution in [2.24, 2.45) is 11.7 Å². The lowest BCUT2D eigenvalue weighted by Crippen LogP contribution is -2.39. The molecule has 0 bridgehead atoms. The number of aryl methyl sites for hydroxylation is 1. The highest BCUT2D eigenvalue weighted by Gasteiger charge is 2.31. The molecule has 2 aromatic rings. The topological polar surface area (TPSA) is 77.0 Å². The number of likely N-dealkylation sites (tertiary alicyclic amines) is 1. The van der Waals surface area contributed by atoms with Crippen LogP contribution in [0, 0.1) is 5.92 Å². The number of nitrogens with zero attached hydrogens (tertiary/aromatic N) is 4. The Labute approximate surface area is 152 Å². The number of hydrogen-bond donors (Lipinski definition) is 1. The number of amides is 1. The molecule has 0 aromatic carbocycles. The highest BCUT2D eigenvalue weighted by atomic mass is 32.1. The fraction of sp³-hybridized carbons (Fsp3) is 0.611. The smallest absolute Gasteiger partial charge is 0.257 e. The van der Waals surface area contributed by atoms with E-state index in [9.17, 15) is 4.79 Å². The van der Waals surface area contributed by atoms with Crippen LogP contribution in [0.4, 0.5) is 0 Å². The number of nitrogens with two attached hydrogens (primary N) is 1. The molecule has 1 amide bonds. The SMILES string of the molecule is NCC1CCCn2ncc(C(=O)N3CCC(Cc4nccs4)CC3)c21. The van der Waals surface area contributed by atoms with Crippen molar-refractivity contribution in [2.75, 3.05) is 19.6 Å². The minimum Gasteiger partial charge on any atom is -0.339 e. The fourth-order valence-corrected chi connectivity index (χ4v) is 4.87. The number of rotatable bonds is 4. The van der Waals surface area contributed by atoms with Gasteiger partial charge in [0.05, 0.1) is 22.5 Å². The molecule has 4 rings (SSSR count). The second-order valence-electron chi connectivity index (χ2n) is 7.11. The van der Waals surface area contributed by atoms with Crippen molar-refractivity contribution in [3.8, 4) is 0 Å². The third-order valence-electron chi connectivity index (χ3n) is 5.55. The summed E-state index contributed by atoms with van der Waals surface area (Å²) in [7, 11) is 0. The normalized spacial score (nSPS) is 21.3. The number of carbonyl (C=O) groups is 1. The molecule has 0 saturated carbocycles. The Bertz CT molecular complexity index is 718. The van der Waals surface area contributed by atoms with Crippen LogP contribution in [0.2, 0.25) is 0 Å². The van der Waals surface area contributed by atoms with Crippen LogP contribution in [0.3, 0.4) is 0 Å². The number of hydrogen-bond acceptors (Lipinski definition) is 5. The first kappa shape index (κ1) is 16.7. The maximum Gasteiger partial charge on any atom is 0.257 e. The molecule has 1 fully saturated rings. The molecule has 1 atom stereocenters. The summed E-state index contributed by atoms with van der Waals surface area (Å²) in [4.78, 5) is 19.4. The number of thiazole rings is 1. The van der Waals surface area contributed by atoms with Crippen LogP contribution in [0.15, 0.2) is 17.8 Å². The standard InChI is InChI=1S/C18H25N5OS/c19-11-14-2-1-6-23-17(14)15(12-21-23)18(24)22-7-3-13(4-8-22)10-16-20-5-9-25-16/h5,9,12-14H,1-4,6-8,10-11,19H2. The predicted molar refractivity (Wildman–Crippen MR) is 97.7 cm³/mol. The van der Waals surface area contributed by atoms with Crippen molar-refractivity contribution in [2.45, 2.75) is 44.6 Å². The van der Waals surface area contributed by atoms with E-state index >= 15 is 0 Å². The molecule has 25 heavy (non-hydrogen) atoms. The van der Waals surface area contributed by atoms with Gasteiger partial charge in [-0.05, 0) is 31.6 Å². The molecule has 2 N–H and O–H groups in total. The van der Waals surface area contributed by atoms with Gasteiger partial charge in [-0.1, -0.05) is 0 Å². The van der Waals surface area contributed by atoms with E-state index in [1.54, 1.807) is 17.5 Å². The molecule has 0 aliphatic carbocycles. The summed E-state index contributed by atoms with van der Waals surface area (Å²) in [5, 5.41) is 7.68. The van der Waals surface area contributed by atoms with Crippen LogP contribution < -0.4 is 5.73 Å². The number of carbonyl (C=O) groups excluding carboxylic acids is 1. The summed E-state index contributed by atoms with van der Waals surface area (Å²) < 4.78 is 1.99. The van der Waals surface area contributed by atoms with E-state index < -0.39 is 0 Å². The van der Waals surface area contributed by atoms with Gasteiger partial charge in [-0.15, -0.1) is 11.3 Å². The third kappa shape index (κ3) is 3.35. The minimum absolute atomic E-state index is 0.134. The van der Waals surface area contributed by atoms with E-state index in [4.69, 9.17) is 5.73 Å². The fourth-order valence-electron chi connectivity index (χ4n) is 4.13. The highest BCUT2D eigenvalue weighted by molar-refractivity contribution is 7.09. The van der Waals surface area contributed by atoms with Gasteiger partial charge in [0, 0.05) is 50.1 Å². The number of aromatic nitrogens is 3. The first-order chi connectivity index (χ1) is 12.3. The van der Waals surface area contributed by atoms with Crippen molar-refractivity contribution in [3.05, 3.63) is 34.0 Å². The number of piperidine rings is 1. The van der Waals surface area contributed by atoms with Gasteiger partial charge in [-0.25, -0.2) is 4.98 Å². The second kappa shape index (κ2) is 7.25. The third-order valence-corrected chi connectivity index (χ3v) is 6.35. The Balaban J connectivity index is 1.42. The van der Waals surface area contributed by atoms with Crippen molar-refractivity contribution < 1.29 is 4.79 Å². The molecule has 4 heterocycles. The van der Waals surface area contributed by atoms with Crippen LogP contribution in [0.5, 0.6) is 0 Å². The van der Waals surface area contributed by atoms with E-state index in [0.717, 1.165) is 63.0 Å². The van der Waals surface area contributed by atoms with Crippen LogP contribution in [0.1, 0.15) is 52.7 Å². The van der Waals surface area contributed by atoms with E-state index in [0.29, 0.717) is 12.5 Å². The largest absolute Gasteiger partial charge is 0.339 e. The van der Waals surface area contributed by atoms with Crippen molar-refractivity contribution in [1.82, 2.24) is 19.7 Å². The van der Waals surface area contributed by atoms with Gasteiger partial charge in [0.15, 0.2) is 0 Å². The zero-order valence-electron chi connectivity index (χ0n) is 14.4. The first-order valence-corrected chi connectivity index (χ1v) is 10.1. The average molecular weight is 359 g/mol. The van der Waals surface area contributed by atoms with Crippen LogP contribution in [-0.4, -0.2) is 45.2 Å². The van der Waals surface area contributed by atoms with Crippen molar-refractivity contribution in [3.63, 3.8) is 0 Å². The van der Waals surface area contributed by atoms with Crippen LogP contribution in [-0.2, 0) is 13.0 Å². The lowest BCUT2D eigenvalue weighted by atomic mass is 9.91. The van der Waals surface area contributed by atoms with E-state index in [-0.39, 0.29) is 11.8 Å². The Morgan fingerprint density at radius 1 is 1.28 bits per heavy atom. The molecule has 1 unspecified atom stereocenters. The summed E-state index contributed by atoms with van der Waals surface area (Å²) in [5.74, 6) is 1.03. The summed E-state index contributed by atoms with van der Waals surface area (Å²) in [5.41, 5.74) is 7.77. The highest BCUT2D eigenvalue weighted by Crippen LogP contribution is 2.30. The second-order valence-corrected chi connectivity index (χ2v) is 8.09. The van der Waals surface area contributed by atoms with Gasteiger partial charge in [0.2, 0.25) is 0 Å². The average Bonchev–Trinajstić information content (AvgIpc) is 3.31. The van der Waals surface area contributed by atoms with Crippen molar-refractivity contribution in [1.29, 1.82) is 0 Å². The molecule has 6 nitrogen and oxygen atoms in total. The predicted octanol–water partition coefficient (Wildman–Crippen LogP) is 2.27. The summed E-state index contributed by atoms with van der Waals surface area (Å²) in [6, 6.07) is 0. The molecule has 1 saturated heterocycles. The monoisotopic (exact) mass is 359 g/mol. The van der Waals surface area contributed by atoms with E-state index in [2.05, 4.69) is 10.1 Å². The Morgan fingerprint density at radius 2 is 2.12 bits per heavy atom. The van der Waals surface area contributed by atoms with E-state index in [1.165, 1.54) is 5.01 Å². The quantitative estimate of drug-likeness (QED) is 0.908. The number of fused-ring (bicyclic) bond motifs is 1. The van der Waals surface area contributed by atoms with E-state index in [1.807, 2.05) is 21.2 Å². The Hall–Kier alpha value is -1.73. The Kier molecular flexibility index (Phi) is 4.85. The summed E-state index contributed by atoms with van der Waals surface area (Å²) in [6.07, 6.45) is 8.91. The van der Waals surface area contributed by atoms with Gasteiger partial charge < -0.3 is 10.6 Å². The molecule has 134 valence electrons. The molecule has 7 heteroatoms. The van der Waals surface area contributed by atoms with Gasteiger partial charge in [0.1, 0.15) is 0 Å². The lowest BCUT2D eigenvalue weighted by Gasteiger charge is -2.32.